The summed E-state index contributed by atoms with van der Waals surface area (Å²) in [6.07, 6.45) is 1.48. The molecule has 0 aliphatic carbocycles. The van der Waals surface area contributed by atoms with Crippen molar-refractivity contribution in [3.8, 4) is 6.07 Å². The zero-order valence-corrected chi connectivity index (χ0v) is 10.6. The number of hydrogen-bond donors (Lipinski definition) is 0. The van der Waals surface area contributed by atoms with Crippen molar-refractivity contribution in [2.75, 3.05) is 11.4 Å². The van der Waals surface area contributed by atoms with E-state index in [1.54, 1.807) is 11.0 Å². The largest absolute Gasteiger partial charge is 0.309 e. The van der Waals surface area contributed by atoms with Crippen LogP contribution in [-0.2, 0) is 0 Å². The van der Waals surface area contributed by atoms with Gasteiger partial charge in [0.25, 0.3) is 5.91 Å². The van der Waals surface area contributed by atoms with E-state index < -0.39 is 0 Å². The first-order valence-electron chi connectivity index (χ1n) is 5.99. The maximum Gasteiger partial charge on any atom is 0.258 e. The van der Waals surface area contributed by atoms with E-state index in [1.165, 1.54) is 12.3 Å². The molecule has 0 saturated heterocycles. The molecule has 1 aromatic carbocycles. The molecule has 0 unspecified atom stereocenters. The van der Waals surface area contributed by atoms with Crippen molar-refractivity contribution in [2.24, 2.45) is 0 Å². The van der Waals surface area contributed by atoms with E-state index in [0.29, 0.717) is 12.1 Å². The van der Waals surface area contributed by atoms with Crippen LogP contribution in [0.3, 0.4) is 0 Å². The molecule has 4 nitrogen and oxygen atoms in total. The summed E-state index contributed by atoms with van der Waals surface area (Å²) >= 11 is 0. The molecule has 0 bridgehead atoms. The number of hydrogen-bond acceptors (Lipinski definition) is 3. The molecule has 1 amide bonds. The fourth-order valence-corrected chi connectivity index (χ4v) is 1.83. The third kappa shape index (κ3) is 2.78. The topological polar surface area (TPSA) is 57.0 Å². The lowest BCUT2D eigenvalue weighted by Crippen LogP contribution is -2.30. The smallest absolute Gasteiger partial charge is 0.258 e. The SMILES string of the molecule is CCN(C(=O)c1ccnc(C#N)c1)c1ccccc1. The first kappa shape index (κ1) is 12.8. The van der Waals surface area contributed by atoms with Gasteiger partial charge < -0.3 is 4.90 Å². The molecule has 4 heteroatoms. The second kappa shape index (κ2) is 5.78. The zero-order chi connectivity index (χ0) is 13.7. The Hall–Kier alpha value is -2.67. The Kier molecular flexibility index (Phi) is 3.89. The van der Waals surface area contributed by atoms with Crippen LogP contribution < -0.4 is 4.90 Å². The number of nitrogens with zero attached hydrogens (tertiary/aromatic N) is 3. The Morgan fingerprint density at radius 2 is 2.05 bits per heavy atom. The van der Waals surface area contributed by atoms with Crippen LogP contribution >= 0.6 is 0 Å². The van der Waals surface area contributed by atoms with Gasteiger partial charge in [-0.1, -0.05) is 18.2 Å². The van der Waals surface area contributed by atoms with Crippen molar-refractivity contribution in [3.63, 3.8) is 0 Å². The summed E-state index contributed by atoms with van der Waals surface area (Å²) in [5.74, 6) is -0.132. The molecule has 0 saturated carbocycles. The quantitative estimate of drug-likeness (QED) is 0.842. The summed E-state index contributed by atoms with van der Waals surface area (Å²) in [4.78, 5) is 18.0. The third-order valence-corrected chi connectivity index (χ3v) is 2.75. The minimum atomic E-state index is -0.132. The number of pyridine rings is 1. The molecule has 2 rings (SSSR count). The van der Waals surface area contributed by atoms with Crippen LogP contribution in [0.1, 0.15) is 23.0 Å². The minimum Gasteiger partial charge on any atom is -0.309 e. The second-order valence-corrected chi connectivity index (χ2v) is 3.93. The number of para-hydroxylation sites is 1. The van der Waals surface area contributed by atoms with Crippen LogP contribution in [0.2, 0.25) is 0 Å². The van der Waals surface area contributed by atoms with Gasteiger partial charge in [0.15, 0.2) is 0 Å². The van der Waals surface area contributed by atoms with Gasteiger partial charge in [0.05, 0.1) is 0 Å². The highest BCUT2D eigenvalue weighted by molar-refractivity contribution is 6.06. The van der Waals surface area contributed by atoms with Crippen LogP contribution in [0, 0.1) is 11.3 Å². The molecule has 1 heterocycles. The lowest BCUT2D eigenvalue weighted by atomic mass is 10.2. The highest BCUT2D eigenvalue weighted by Gasteiger charge is 2.16. The monoisotopic (exact) mass is 251 g/mol. The van der Waals surface area contributed by atoms with Gasteiger partial charge in [-0.2, -0.15) is 5.26 Å². The molecule has 0 N–H and O–H groups in total. The van der Waals surface area contributed by atoms with Gasteiger partial charge in [-0.05, 0) is 31.2 Å². The summed E-state index contributed by atoms with van der Waals surface area (Å²) in [7, 11) is 0. The number of anilines is 1. The molecule has 0 aliphatic heterocycles. The molecule has 0 fully saturated rings. The molecular weight excluding hydrogens is 238 g/mol. The van der Waals surface area contributed by atoms with Gasteiger partial charge in [0.1, 0.15) is 11.8 Å². The summed E-state index contributed by atoms with van der Waals surface area (Å²) in [6.45, 7) is 2.48. The van der Waals surface area contributed by atoms with Crippen molar-refractivity contribution in [3.05, 3.63) is 59.9 Å². The molecule has 0 aliphatic rings. The number of aromatic nitrogens is 1. The first-order chi connectivity index (χ1) is 9.26. The molecule has 0 spiro atoms. The van der Waals surface area contributed by atoms with E-state index in [9.17, 15) is 4.79 Å². The van der Waals surface area contributed by atoms with Gasteiger partial charge in [-0.3, -0.25) is 4.79 Å². The predicted octanol–water partition coefficient (Wildman–Crippen LogP) is 2.62. The van der Waals surface area contributed by atoms with E-state index in [0.717, 1.165) is 5.69 Å². The van der Waals surface area contributed by atoms with Gasteiger partial charge in [-0.15, -0.1) is 0 Å². The highest BCUT2D eigenvalue weighted by atomic mass is 16.2. The first-order valence-corrected chi connectivity index (χ1v) is 5.99. The number of carbonyl (C=O) groups excluding carboxylic acids is 1. The van der Waals surface area contributed by atoms with Gasteiger partial charge >= 0.3 is 0 Å². The Balaban J connectivity index is 2.34. The summed E-state index contributed by atoms with van der Waals surface area (Å²) < 4.78 is 0. The van der Waals surface area contributed by atoms with Crippen LogP contribution in [0.5, 0.6) is 0 Å². The Labute approximate surface area is 111 Å². The van der Waals surface area contributed by atoms with Crippen LogP contribution in [-0.4, -0.2) is 17.4 Å². The van der Waals surface area contributed by atoms with Crippen molar-refractivity contribution in [1.82, 2.24) is 4.98 Å². The van der Waals surface area contributed by atoms with Crippen LogP contribution in [0.4, 0.5) is 5.69 Å². The van der Waals surface area contributed by atoms with Gasteiger partial charge in [0, 0.05) is 24.0 Å². The van der Waals surface area contributed by atoms with Crippen molar-refractivity contribution in [2.45, 2.75) is 6.92 Å². The fraction of sp³-hybridized carbons (Fsp3) is 0.133. The lowest BCUT2D eigenvalue weighted by molar-refractivity contribution is 0.0988. The third-order valence-electron chi connectivity index (χ3n) is 2.75. The number of rotatable bonds is 3. The van der Waals surface area contributed by atoms with Crippen molar-refractivity contribution in [1.29, 1.82) is 5.26 Å². The summed E-state index contributed by atoms with van der Waals surface area (Å²) in [5, 5.41) is 8.82. The Bertz CT molecular complexity index is 617. The maximum absolute atomic E-state index is 12.4. The normalized spacial score (nSPS) is 9.68. The number of nitriles is 1. The van der Waals surface area contributed by atoms with Crippen molar-refractivity contribution >= 4 is 11.6 Å². The van der Waals surface area contributed by atoms with E-state index in [2.05, 4.69) is 4.98 Å². The lowest BCUT2D eigenvalue weighted by Gasteiger charge is -2.21. The Morgan fingerprint density at radius 3 is 2.68 bits per heavy atom. The van der Waals surface area contributed by atoms with E-state index in [1.807, 2.05) is 43.3 Å². The van der Waals surface area contributed by atoms with Crippen LogP contribution in [0.25, 0.3) is 0 Å². The molecule has 19 heavy (non-hydrogen) atoms. The average Bonchev–Trinajstić information content (AvgIpc) is 2.49. The number of amides is 1. The number of carbonyl (C=O) groups is 1. The fourth-order valence-electron chi connectivity index (χ4n) is 1.83. The van der Waals surface area contributed by atoms with E-state index in [4.69, 9.17) is 5.26 Å². The van der Waals surface area contributed by atoms with Crippen molar-refractivity contribution < 1.29 is 4.79 Å². The summed E-state index contributed by atoms with van der Waals surface area (Å²) in [5.41, 5.74) is 1.55. The molecule has 1 aromatic heterocycles. The van der Waals surface area contributed by atoms with Gasteiger partial charge in [-0.25, -0.2) is 4.98 Å². The molecule has 2 aromatic rings. The molecule has 0 radical (unpaired) electrons. The molecule has 0 atom stereocenters. The second-order valence-electron chi connectivity index (χ2n) is 3.93. The standard InChI is InChI=1S/C15H13N3O/c1-2-18(14-6-4-3-5-7-14)15(19)12-8-9-17-13(10-12)11-16/h3-10H,2H2,1H3. The van der Waals surface area contributed by atoms with E-state index >= 15 is 0 Å². The van der Waals surface area contributed by atoms with Crippen LogP contribution in [0.15, 0.2) is 48.7 Å². The van der Waals surface area contributed by atoms with E-state index in [-0.39, 0.29) is 11.6 Å². The number of benzene rings is 1. The predicted molar refractivity (Wildman–Crippen MR) is 72.7 cm³/mol. The highest BCUT2D eigenvalue weighted by Crippen LogP contribution is 2.16. The van der Waals surface area contributed by atoms with Gasteiger partial charge in [0.2, 0.25) is 0 Å². The summed E-state index contributed by atoms with van der Waals surface area (Å²) in [6, 6.07) is 14.5. The Morgan fingerprint density at radius 1 is 1.32 bits per heavy atom. The molecular formula is C15H13N3O. The minimum absolute atomic E-state index is 0.132. The zero-order valence-electron chi connectivity index (χ0n) is 10.6. The average molecular weight is 251 g/mol. The maximum atomic E-state index is 12.4. The molecule has 94 valence electrons.